The number of benzene rings is 9. The Hall–Kier alpha value is -7.84. The fourth-order valence-corrected chi connectivity index (χ4v) is 8.33. The van der Waals surface area contributed by atoms with Gasteiger partial charge < -0.3 is 14.1 Å². The van der Waals surface area contributed by atoms with E-state index in [2.05, 4.69) is 174 Å². The molecule has 58 heavy (non-hydrogen) atoms. The van der Waals surface area contributed by atoms with Crippen molar-refractivity contribution in [3.05, 3.63) is 223 Å². The van der Waals surface area contributed by atoms with Gasteiger partial charge in [-0.05, 0) is 105 Å². The van der Waals surface area contributed by atoms with Gasteiger partial charge in [0.15, 0.2) is 5.76 Å². The van der Waals surface area contributed by atoms with Crippen LogP contribution in [-0.4, -0.2) is 0 Å². The molecule has 1 aliphatic rings. The van der Waals surface area contributed by atoms with Crippen LogP contribution in [0.2, 0.25) is 0 Å². The minimum Gasteiger partial charge on any atom is -0.456 e. The molecule has 0 unspecified atom stereocenters. The summed E-state index contributed by atoms with van der Waals surface area (Å²) in [6.45, 7) is 0. The van der Waals surface area contributed by atoms with Gasteiger partial charge in [-0.1, -0.05) is 151 Å². The van der Waals surface area contributed by atoms with Crippen LogP contribution in [0.15, 0.2) is 216 Å². The Morgan fingerprint density at radius 1 is 0.414 bits per heavy atom. The van der Waals surface area contributed by atoms with Gasteiger partial charge in [0, 0.05) is 38.8 Å². The minimum atomic E-state index is 0.708. The summed E-state index contributed by atoms with van der Waals surface area (Å²) >= 11 is 0. The SMILES string of the molecule is C1=Cc2c(ccc3oc4ccc(-c5ccc(N(c6ccccc6)c6ccc(-c7cccc8ccccc78)cc6)c(-c6ccccc6)c5)cc4c23)OC=1c1ccccc1. The molecule has 0 saturated carbocycles. The molecule has 3 nitrogen and oxygen atoms in total. The second-order valence-electron chi connectivity index (χ2n) is 14.6. The highest BCUT2D eigenvalue weighted by Crippen LogP contribution is 2.45. The normalized spacial score (nSPS) is 12.0. The Bertz CT molecular complexity index is 3210. The molecule has 1 aromatic heterocycles. The van der Waals surface area contributed by atoms with E-state index < -0.39 is 0 Å². The summed E-state index contributed by atoms with van der Waals surface area (Å²) in [5, 5.41) is 4.55. The molecule has 1 aliphatic heterocycles. The van der Waals surface area contributed by atoms with Crippen LogP contribution in [0.1, 0.15) is 11.1 Å². The molecule has 272 valence electrons. The lowest BCUT2D eigenvalue weighted by atomic mass is 9.94. The molecule has 0 saturated heterocycles. The Balaban J connectivity index is 1.04. The average molecular weight is 742 g/mol. The summed E-state index contributed by atoms with van der Waals surface area (Å²) in [6.07, 6.45) is 2.03. The number of furan rings is 1. The van der Waals surface area contributed by atoms with Crippen LogP contribution in [0.25, 0.3) is 77.9 Å². The van der Waals surface area contributed by atoms with Crippen molar-refractivity contribution in [3.8, 4) is 39.1 Å². The first kappa shape index (κ1) is 33.5. The van der Waals surface area contributed by atoms with Crippen molar-refractivity contribution < 1.29 is 9.15 Å². The highest BCUT2D eigenvalue weighted by atomic mass is 16.5. The lowest BCUT2D eigenvalue weighted by Gasteiger charge is -2.28. The van der Waals surface area contributed by atoms with Crippen LogP contribution in [0.4, 0.5) is 17.1 Å². The molecule has 0 spiro atoms. The lowest BCUT2D eigenvalue weighted by Crippen LogP contribution is -2.11. The number of para-hydroxylation sites is 1. The molecule has 11 rings (SSSR count). The van der Waals surface area contributed by atoms with Crippen LogP contribution in [-0.2, 0) is 0 Å². The van der Waals surface area contributed by atoms with Crippen LogP contribution in [0.3, 0.4) is 0 Å². The van der Waals surface area contributed by atoms with Gasteiger partial charge >= 0.3 is 0 Å². The highest BCUT2D eigenvalue weighted by Gasteiger charge is 2.21. The predicted octanol–water partition coefficient (Wildman–Crippen LogP) is 15.3. The van der Waals surface area contributed by atoms with Crippen LogP contribution in [0.5, 0.6) is 5.75 Å². The van der Waals surface area contributed by atoms with Crippen LogP contribution < -0.4 is 9.64 Å². The van der Waals surface area contributed by atoms with Crippen molar-refractivity contribution in [1.29, 1.82) is 0 Å². The number of hydrogen-bond acceptors (Lipinski definition) is 3. The van der Waals surface area contributed by atoms with Crippen molar-refractivity contribution in [2.75, 3.05) is 4.90 Å². The second kappa shape index (κ2) is 14.0. The Kier molecular flexibility index (Phi) is 8.10. The van der Waals surface area contributed by atoms with Gasteiger partial charge in [0.2, 0.25) is 0 Å². The molecule has 3 heteroatoms. The number of anilines is 3. The first-order chi connectivity index (χ1) is 28.7. The number of ether oxygens (including phenoxy) is 1. The molecule has 0 radical (unpaired) electrons. The summed E-state index contributed by atoms with van der Waals surface area (Å²) in [5.74, 6) is 1.50. The van der Waals surface area contributed by atoms with Gasteiger partial charge in [-0.15, -0.1) is 0 Å². The largest absolute Gasteiger partial charge is 0.456 e. The molecule has 0 N–H and O–H groups in total. The molecule has 9 aromatic carbocycles. The number of fused-ring (bicyclic) bond motifs is 6. The van der Waals surface area contributed by atoms with E-state index in [1.807, 2.05) is 48.5 Å². The van der Waals surface area contributed by atoms with Crippen molar-refractivity contribution >= 4 is 61.6 Å². The zero-order chi connectivity index (χ0) is 38.4. The molecule has 0 bridgehead atoms. The minimum absolute atomic E-state index is 0.708. The molecule has 0 amide bonds. The van der Waals surface area contributed by atoms with Crippen molar-refractivity contribution in [2.45, 2.75) is 0 Å². The number of rotatable bonds is 7. The molecule has 0 atom stereocenters. The maximum Gasteiger partial charge on any atom is 0.176 e. The Labute approximate surface area is 336 Å². The van der Waals surface area contributed by atoms with Gasteiger partial charge in [0.25, 0.3) is 0 Å². The maximum absolute atomic E-state index is 6.41. The molecule has 10 aromatic rings. The smallest absolute Gasteiger partial charge is 0.176 e. The third-order valence-electron chi connectivity index (χ3n) is 11.1. The van der Waals surface area contributed by atoms with E-state index in [-0.39, 0.29) is 0 Å². The van der Waals surface area contributed by atoms with Crippen molar-refractivity contribution in [1.82, 2.24) is 0 Å². The predicted molar refractivity (Wildman–Crippen MR) is 241 cm³/mol. The van der Waals surface area contributed by atoms with Gasteiger partial charge in [-0.2, -0.15) is 0 Å². The van der Waals surface area contributed by atoms with E-state index in [1.165, 1.54) is 21.9 Å². The van der Waals surface area contributed by atoms with Gasteiger partial charge in [-0.3, -0.25) is 0 Å². The van der Waals surface area contributed by atoms with E-state index >= 15 is 0 Å². The molecule has 0 aliphatic carbocycles. The van der Waals surface area contributed by atoms with Gasteiger partial charge in [0.1, 0.15) is 16.9 Å². The lowest BCUT2D eigenvalue weighted by molar-refractivity contribution is 0.513. The highest BCUT2D eigenvalue weighted by molar-refractivity contribution is 6.11. The zero-order valence-electron chi connectivity index (χ0n) is 31.5. The van der Waals surface area contributed by atoms with E-state index in [4.69, 9.17) is 9.15 Å². The number of hydrogen-bond donors (Lipinski definition) is 0. The standard InChI is InChI=1S/C55H35NO2/c1-4-13-38(14-5-1)48-35-41(42-26-31-53-49(36-42)55-47-29-32-51(40-16-6-2-7-17-40)57-52(47)33-34-54(55)58-53)25-30-50(48)56(43-19-8-3-9-20-43)44-27-23-39(24-28-44)46-22-12-18-37-15-10-11-21-45(37)46/h1-31,33-36H. The third kappa shape index (κ3) is 5.86. The molecular formula is C55H35NO2. The van der Waals surface area contributed by atoms with Crippen molar-refractivity contribution in [3.63, 3.8) is 0 Å². The van der Waals surface area contributed by atoms with Gasteiger partial charge in [0.05, 0.1) is 5.69 Å². The first-order valence-electron chi connectivity index (χ1n) is 19.6. The van der Waals surface area contributed by atoms with Crippen LogP contribution in [0, 0.1) is 0 Å². The van der Waals surface area contributed by atoms with E-state index in [0.29, 0.717) is 5.76 Å². The zero-order valence-corrected chi connectivity index (χ0v) is 31.5. The first-order valence-corrected chi connectivity index (χ1v) is 19.6. The van der Waals surface area contributed by atoms with E-state index in [0.717, 1.165) is 78.1 Å². The van der Waals surface area contributed by atoms with E-state index in [1.54, 1.807) is 0 Å². The summed E-state index contributed by atoms with van der Waals surface area (Å²) in [5.41, 5.74) is 17.2. The fourth-order valence-electron chi connectivity index (χ4n) is 8.33. The quantitative estimate of drug-likeness (QED) is 0.152. The van der Waals surface area contributed by atoms with Crippen LogP contribution >= 0.6 is 0 Å². The average Bonchev–Trinajstić information content (AvgIpc) is 3.69. The van der Waals surface area contributed by atoms with E-state index in [9.17, 15) is 0 Å². The monoisotopic (exact) mass is 741 g/mol. The van der Waals surface area contributed by atoms with Crippen molar-refractivity contribution in [2.24, 2.45) is 0 Å². The Morgan fingerprint density at radius 3 is 1.84 bits per heavy atom. The molecule has 0 fully saturated rings. The fraction of sp³-hybridized carbons (Fsp3) is 0. The van der Waals surface area contributed by atoms with Gasteiger partial charge in [-0.25, -0.2) is 0 Å². The summed E-state index contributed by atoms with van der Waals surface area (Å²) in [4.78, 5) is 2.36. The number of nitrogens with zero attached hydrogens (tertiary/aromatic N) is 1. The molecule has 2 heterocycles. The summed E-state index contributed by atoms with van der Waals surface area (Å²) in [6, 6.07) is 72.8. The summed E-state index contributed by atoms with van der Waals surface area (Å²) in [7, 11) is 0. The molecular weight excluding hydrogens is 707 g/mol. The third-order valence-corrected chi connectivity index (χ3v) is 11.1. The maximum atomic E-state index is 6.41. The second-order valence-corrected chi connectivity index (χ2v) is 14.6. The topological polar surface area (TPSA) is 25.6 Å². The Morgan fingerprint density at radius 2 is 1.03 bits per heavy atom. The summed E-state index contributed by atoms with van der Waals surface area (Å²) < 4.78 is 12.8.